The minimum absolute atomic E-state index is 0.0608. The van der Waals surface area contributed by atoms with Gasteiger partial charge in [0.2, 0.25) is 0 Å². The van der Waals surface area contributed by atoms with E-state index in [0.29, 0.717) is 19.3 Å². The van der Waals surface area contributed by atoms with Crippen molar-refractivity contribution >= 4 is 19.8 Å². The highest BCUT2D eigenvalue weighted by molar-refractivity contribution is 7.47. The fourth-order valence-electron chi connectivity index (χ4n) is 5.12. The second kappa shape index (κ2) is 42.3. The highest BCUT2D eigenvalue weighted by Crippen LogP contribution is 2.43. The van der Waals surface area contributed by atoms with E-state index in [9.17, 15) is 29.3 Å². The third-order valence-electron chi connectivity index (χ3n) is 8.52. The highest BCUT2D eigenvalue weighted by Gasteiger charge is 2.27. The summed E-state index contributed by atoms with van der Waals surface area (Å²) < 4.78 is 32.5. The molecule has 0 aromatic rings. The molecule has 11 nitrogen and oxygen atoms in total. The number of hydrogen-bond acceptors (Lipinski definition) is 10. The second-order valence-electron chi connectivity index (χ2n) is 14.2. The van der Waals surface area contributed by atoms with Crippen LogP contribution in [0.1, 0.15) is 136 Å². The molecule has 0 saturated heterocycles. The highest BCUT2D eigenvalue weighted by atomic mass is 31.2. The van der Waals surface area contributed by atoms with Gasteiger partial charge >= 0.3 is 19.8 Å². The van der Waals surface area contributed by atoms with Crippen molar-refractivity contribution < 1.29 is 52.9 Å². The van der Waals surface area contributed by atoms with E-state index in [1.165, 1.54) is 25.7 Å². The molecule has 0 aliphatic heterocycles. The lowest BCUT2D eigenvalue weighted by Crippen LogP contribution is -2.30. The zero-order valence-corrected chi connectivity index (χ0v) is 37.4. The van der Waals surface area contributed by atoms with E-state index >= 15 is 0 Å². The first-order valence-electron chi connectivity index (χ1n) is 22.0. The van der Waals surface area contributed by atoms with Gasteiger partial charge in [0.05, 0.1) is 25.9 Å². The third kappa shape index (κ3) is 41.3. The molecule has 2 unspecified atom stereocenters. The monoisotopic (exact) mass is 861 g/mol. The van der Waals surface area contributed by atoms with Crippen LogP contribution in [0.15, 0.2) is 109 Å². The molecule has 4 atom stereocenters. The number of hydrogen-bond donors (Lipinski definition) is 4. The normalized spacial score (nSPS) is 15.4. The minimum atomic E-state index is -4.69. The van der Waals surface area contributed by atoms with Crippen LogP contribution in [0.4, 0.5) is 0 Å². The van der Waals surface area contributed by atoms with Crippen molar-refractivity contribution in [3.63, 3.8) is 0 Å². The van der Waals surface area contributed by atoms with Gasteiger partial charge in [0.25, 0.3) is 0 Å². The number of unbranched alkanes of at least 4 members (excludes halogenated alkanes) is 6. The van der Waals surface area contributed by atoms with E-state index < -0.39 is 64.5 Å². The summed E-state index contributed by atoms with van der Waals surface area (Å²) in [6.07, 6.45) is 49.4. The SMILES string of the molecule is CC/C=C\C/C=C\C/C=C\C/C=C\C=C\C(O)CCCC(=O)O[C@H](COC(=O)CCCCC/C=C\C/C=C\C/C=C\C/C=C\CCCCC)COP(=O)(O)OC[C@@H](O)CO. The van der Waals surface area contributed by atoms with Crippen molar-refractivity contribution in [2.24, 2.45) is 0 Å². The van der Waals surface area contributed by atoms with E-state index in [0.717, 1.165) is 64.2 Å². The number of aliphatic hydroxyl groups excluding tert-OH is 3. The Morgan fingerprint density at radius 3 is 1.67 bits per heavy atom. The summed E-state index contributed by atoms with van der Waals surface area (Å²) in [6.45, 7) is 1.95. The minimum Gasteiger partial charge on any atom is -0.462 e. The number of carbonyl (C=O) groups is 2. The Hall–Kier alpha value is -3.41. The molecule has 0 fully saturated rings. The molecule has 0 rings (SSSR count). The van der Waals surface area contributed by atoms with Gasteiger partial charge in [0, 0.05) is 12.8 Å². The van der Waals surface area contributed by atoms with Gasteiger partial charge in [-0.3, -0.25) is 18.6 Å². The van der Waals surface area contributed by atoms with Gasteiger partial charge in [0.15, 0.2) is 6.10 Å². The molecule has 0 bridgehead atoms. The van der Waals surface area contributed by atoms with Crippen LogP contribution in [0, 0.1) is 0 Å². The molecule has 0 spiro atoms. The lowest BCUT2D eigenvalue weighted by atomic mass is 10.1. The first-order chi connectivity index (χ1) is 29.1. The number of ether oxygens (including phenoxy) is 2. The van der Waals surface area contributed by atoms with E-state index in [4.69, 9.17) is 19.1 Å². The maximum atomic E-state index is 12.6. The molecule has 0 aromatic heterocycles. The molecule has 0 saturated carbocycles. The number of esters is 2. The largest absolute Gasteiger partial charge is 0.472 e. The average molecular weight is 861 g/mol. The molecule has 0 aromatic carbocycles. The molecule has 340 valence electrons. The van der Waals surface area contributed by atoms with Crippen LogP contribution < -0.4 is 0 Å². The Morgan fingerprint density at radius 1 is 0.583 bits per heavy atom. The van der Waals surface area contributed by atoms with Crippen molar-refractivity contribution in [3.8, 4) is 0 Å². The first-order valence-corrected chi connectivity index (χ1v) is 23.4. The van der Waals surface area contributed by atoms with E-state index in [2.05, 4.69) is 103 Å². The Labute approximate surface area is 361 Å². The lowest BCUT2D eigenvalue weighted by Gasteiger charge is -2.20. The zero-order chi connectivity index (χ0) is 44.2. The molecule has 0 heterocycles. The lowest BCUT2D eigenvalue weighted by molar-refractivity contribution is -0.161. The van der Waals surface area contributed by atoms with E-state index in [1.54, 1.807) is 12.2 Å². The predicted octanol–water partition coefficient (Wildman–Crippen LogP) is 10.7. The molecule has 0 aliphatic rings. The number of phosphoric acid groups is 1. The van der Waals surface area contributed by atoms with E-state index in [1.807, 2.05) is 12.2 Å². The zero-order valence-electron chi connectivity index (χ0n) is 36.5. The Morgan fingerprint density at radius 2 is 1.10 bits per heavy atom. The number of phosphoric ester groups is 1. The van der Waals surface area contributed by atoms with Crippen LogP contribution in [0.5, 0.6) is 0 Å². The molecule has 0 radical (unpaired) electrons. The van der Waals surface area contributed by atoms with Crippen molar-refractivity contribution in [3.05, 3.63) is 109 Å². The average Bonchev–Trinajstić information content (AvgIpc) is 3.23. The van der Waals surface area contributed by atoms with Crippen LogP contribution in [0.3, 0.4) is 0 Å². The second-order valence-corrected chi connectivity index (χ2v) is 15.6. The predicted molar refractivity (Wildman–Crippen MR) is 243 cm³/mol. The smallest absolute Gasteiger partial charge is 0.462 e. The molecular weight excluding hydrogens is 783 g/mol. The van der Waals surface area contributed by atoms with Crippen LogP contribution >= 0.6 is 7.82 Å². The van der Waals surface area contributed by atoms with Crippen LogP contribution in [-0.2, 0) is 32.7 Å². The fourth-order valence-corrected chi connectivity index (χ4v) is 5.91. The molecular formula is C48H77O11P. The maximum absolute atomic E-state index is 12.6. The molecule has 60 heavy (non-hydrogen) atoms. The first kappa shape index (κ1) is 56.6. The standard InChI is InChI=1S/C48H77O11P/c1-3-5-7-9-11-13-15-17-18-19-20-21-22-24-26-28-30-32-34-38-47(52)56-42-46(43-58-60(54,55)57-41-45(51)40-49)59-48(53)39-35-37-44(50)36-33-31-29-27-25-23-16-14-12-10-8-6-4-2/h6,8,11-14,17-18,20-21,23-26,29,31,33,36,44-46,49-51H,3-5,7,9-10,15-16,19,22,27-28,30,32,34-35,37-43H2,1-2H3,(H,54,55)/b8-6-,13-11-,14-12-,18-17-,21-20-,25-23-,26-24-,31-29-,36-33+/t44?,45-,46+/m0/s1. The van der Waals surface area contributed by atoms with Gasteiger partial charge in [-0.1, -0.05) is 142 Å². The topological polar surface area (TPSA) is 169 Å². The van der Waals surface area contributed by atoms with Crippen LogP contribution in [-0.4, -0.2) is 76.9 Å². The summed E-state index contributed by atoms with van der Waals surface area (Å²) in [7, 11) is -4.69. The van der Waals surface area contributed by atoms with Crippen molar-refractivity contribution in [1.29, 1.82) is 0 Å². The summed E-state index contributed by atoms with van der Waals surface area (Å²) in [5, 5.41) is 28.6. The number of rotatable bonds is 39. The Bertz CT molecular complexity index is 1380. The molecule has 12 heteroatoms. The van der Waals surface area contributed by atoms with Crippen LogP contribution in [0.25, 0.3) is 0 Å². The number of carbonyl (C=O) groups excluding carboxylic acids is 2. The van der Waals surface area contributed by atoms with Crippen molar-refractivity contribution in [2.45, 2.75) is 154 Å². The summed E-state index contributed by atoms with van der Waals surface area (Å²) >= 11 is 0. The molecule has 0 amide bonds. The maximum Gasteiger partial charge on any atom is 0.472 e. The van der Waals surface area contributed by atoms with Gasteiger partial charge in [-0.15, -0.1) is 0 Å². The summed E-state index contributed by atoms with van der Waals surface area (Å²) in [5.41, 5.74) is 0. The van der Waals surface area contributed by atoms with E-state index in [-0.39, 0.29) is 12.8 Å². The number of allylic oxidation sites excluding steroid dienone is 17. The quantitative estimate of drug-likeness (QED) is 0.0153. The van der Waals surface area contributed by atoms with Gasteiger partial charge in [0.1, 0.15) is 12.7 Å². The van der Waals surface area contributed by atoms with Gasteiger partial charge < -0.3 is 29.7 Å². The van der Waals surface area contributed by atoms with Gasteiger partial charge in [-0.05, 0) is 89.9 Å². The van der Waals surface area contributed by atoms with Gasteiger partial charge in [-0.2, -0.15) is 0 Å². The van der Waals surface area contributed by atoms with Crippen LogP contribution in [0.2, 0.25) is 0 Å². The summed E-state index contributed by atoms with van der Waals surface area (Å²) in [5.74, 6) is -1.18. The Kier molecular flexibility index (Phi) is 39.9. The third-order valence-corrected chi connectivity index (χ3v) is 9.47. The summed E-state index contributed by atoms with van der Waals surface area (Å²) in [6, 6.07) is 0. The van der Waals surface area contributed by atoms with Gasteiger partial charge in [-0.25, -0.2) is 4.57 Å². The Balaban J connectivity index is 4.57. The molecule has 4 N–H and O–H groups in total. The number of aliphatic hydroxyl groups is 3. The summed E-state index contributed by atoms with van der Waals surface area (Å²) in [4.78, 5) is 35.0. The fraction of sp³-hybridized carbons (Fsp3) is 0.583. The van der Waals surface area contributed by atoms with Crippen molar-refractivity contribution in [2.75, 3.05) is 26.4 Å². The molecule has 0 aliphatic carbocycles. The van der Waals surface area contributed by atoms with Crippen molar-refractivity contribution in [1.82, 2.24) is 0 Å².